The molecule has 3 nitrogen and oxygen atoms in total. The second-order valence-electron chi connectivity index (χ2n) is 5.30. The molecular weight excluding hydrogens is 328 g/mol. The maximum Gasteiger partial charge on any atom is 0.255 e. The van der Waals surface area contributed by atoms with Crippen LogP contribution in [0.4, 0.5) is 5.69 Å². The molecule has 0 atom stereocenters. The van der Waals surface area contributed by atoms with Crippen molar-refractivity contribution in [2.45, 2.75) is 12.8 Å². The molecule has 0 saturated heterocycles. The Labute approximate surface area is 132 Å². The summed E-state index contributed by atoms with van der Waals surface area (Å²) in [7, 11) is 0. The molecule has 4 heteroatoms. The van der Waals surface area contributed by atoms with E-state index in [2.05, 4.69) is 40.2 Å². The van der Waals surface area contributed by atoms with Gasteiger partial charge in [-0.25, -0.2) is 0 Å². The van der Waals surface area contributed by atoms with E-state index in [-0.39, 0.29) is 5.91 Å². The first-order valence-electron chi connectivity index (χ1n) is 7.06. The van der Waals surface area contributed by atoms with Gasteiger partial charge in [0.15, 0.2) is 0 Å². The van der Waals surface area contributed by atoms with Crippen molar-refractivity contribution < 1.29 is 4.79 Å². The fourth-order valence-electron chi connectivity index (χ4n) is 2.75. The SMILES string of the molecule is Nc1ccc(Br)c(C(=O)N2CCc3ccccc3CC2)c1. The summed E-state index contributed by atoms with van der Waals surface area (Å²) in [6.07, 6.45) is 1.81. The molecule has 0 aliphatic carbocycles. The van der Waals surface area contributed by atoms with Gasteiger partial charge in [-0.1, -0.05) is 24.3 Å². The van der Waals surface area contributed by atoms with Crippen molar-refractivity contribution >= 4 is 27.5 Å². The molecule has 0 unspecified atom stereocenters. The predicted molar refractivity (Wildman–Crippen MR) is 88.3 cm³/mol. The molecule has 0 fully saturated rings. The van der Waals surface area contributed by atoms with E-state index in [1.165, 1.54) is 11.1 Å². The van der Waals surface area contributed by atoms with Gasteiger partial charge in [0.05, 0.1) is 5.56 Å². The molecule has 2 aromatic rings. The van der Waals surface area contributed by atoms with E-state index >= 15 is 0 Å². The van der Waals surface area contributed by atoms with Crippen LogP contribution in [0.15, 0.2) is 46.9 Å². The Morgan fingerprint density at radius 2 is 1.67 bits per heavy atom. The highest BCUT2D eigenvalue weighted by molar-refractivity contribution is 9.10. The van der Waals surface area contributed by atoms with Gasteiger partial charge in [-0.15, -0.1) is 0 Å². The third-order valence-electron chi connectivity index (χ3n) is 3.93. The van der Waals surface area contributed by atoms with Gasteiger partial charge in [0, 0.05) is 23.2 Å². The minimum Gasteiger partial charge on any atom is -0.399 e. The highest BCUT2D eigenvalue weighted by atomic mass is 79.9. The summed E-state index contributed by atoms with van der Waals surface area (Å²) >= 11 is 3.44. The number of benzene rings is 2. The molecule has 108 valence electrons. The topological polar surface area (TPSA) is 46.3 Å². The van der Waals surface area contributed by atoms with E-state index in [0.717, 1.165) is 30.4 Å². The van der Waals surface area contributed by atoms with Crippen LogP contribution in [0.3, 0.4) is 0 Å². The van der Waals surface area contributed by atoms with Gasteiger partial charge in [-0.2, -0.15) is 0 Å². The normalized spacial score (nSPS) is 14.4. The Morgan fingerprint density at radius 1 is 1.05 bits per heavy atom. The van der Waals surface area contributed by atoms with Crippen LogP contribution in [0.2, 0.25) is 0 Å². The molecule has 0 spiro atoms. The summed E-state index contributed by atoms with van der Waals surface area (Å²) in [5.74, 6) is 0.0435. The van der Waals surface area contributed by atoms with Crippen molar-refractivity contribution in [1.29, 1.82) is 0 Å². The van der Waals surface area contributed by atoms with Crippen LogP contribution >= 0.6 is 15.9 Å². The number of amides is 1. The van der Waals surface area contributed by atoms with E-state index in [1.54, 1.807) is 12.1 Å². The summed E-state index contributed by atoms with van der Waals surface area (Å²) in [6, 6.07) is 13.8. The minimum absolute atomic E-state index is 0.0435. The lowest BCUT2D eigenvalue weighted by Gasteiger charge is -2.21. The lowest BCUT2D eigenvalue weighted by molar-refractivity contribution is 0.0762. The van der Waals surface area contributed by atoms with Crippen molar-refractivity contribution in [3.63, 3.8) is 0 Å². The molecule has 1 heterocycles. The molecule has 0 radical (unpaired) electrons. The average Bonchev–Trinajstić information content (AvgIpc) is 2.71. The maximum absolute atomic E-state index is 12.7. The smallest absolute Gasteiger partial charge is 0.255 e. The molecular formula is C17H17BrN2O. The number of hydrogen-bond donors (Lipinski definition) is 1. The van der Waals surface area contributed by atoms with E-state index < -0.39 is 0 Å². The molecule has 2 aromatic carbocycles. The summed E-state index contributed by atoms with van der Waals surface area (Å²) < 4.78 is 0.795. The molecule has 2 N–H and O–H groups in total. The van der Waals surface area contributed by atoms with Crippen LogP contribution in [-0.4, -0.2) is 23.9 Å². The molecule has 21 heavy (non-hydrogen) atoms. The standard InChI is InChI=1S/C17H17BrN2O/c18-16-6-5-14(19)11-15(16)17(21)20-9-7-12-3-1-2-4-13(12)8-10-20/h1-6,11H,7-10,19H2. The summed E-state index contributed by atoms with van der Waals surface area (Å²) in [5.41, 5.74) is 9.75. The quantitative estimate of drug-likeness (QED) is 0.807. The number of fused-ring (bicyclic) bond motifs is 1. The minimum atomic E-state index is 0.0435. The number of anilines is 1. The lowest BCUT2D eigenvalue weighted by Crippen LogP contribution is -2.33. The fourth-order valence-corrected chi connectivity index (χ4v) is 3.16. The maximum atomic E-state index is 12.7. The summed E-state index contributed by atoms with van der Waals surface area (Å²) in [4.78, 5) is 14.6. The van der Waals surface area contributed by atoms with E-state index in [4.69, 9.17) is 5.73 Å². The average molecular weight is 345 g/mol. The number of carbonyl (C=O) groups excluding carboxylic acids is 1. The van der Waals surface area contributed by atoms with E-state index in [0.29, 0.717) is 11.3 Å². The Balaban J connectivity index is 1.82. The van der Waals surface area contributed by atoms with Gasteiger partial charge in [-0.3, -0.25) is 4.79 Å². The van der Waals surface area contributed by atoms with Crippen LogP contribution in [-0.2, 0) is 12.8 Å². The zero-order valence-corrected chi connectivity index (χ0v) is 13.3. The number of carbonyl (C=O) groups is 1. The van der Waals surface area contributed by atoms with Crippen LogP contribution in [0.1, 0.15) is 21.5 Å². The number of nitrogens with zero attached hydrogens (tertiary/aromatic N) is 1. The molecule has 1 aliphatic rings. The van der Waals surface area contributed by atoms with Gasteiger partial charge in [0.25, 0.3) is 5.91 Å². The number of nitrogen functional groups attached to an aromatic ring is 1. The Kier molecular flexibility index (Phi) is 3.97. The Hall–Kier alpha value is -1.81. The van der Waals surface area contributed by atoms with Crippen LogP contribution in [0, 0.1) is 0 Å². The number of halogens is 1. The number of hydrogen-bond acceptors (Lipinski definition) is 2. The van der Waals surface area contributed by atoms with Crippen molar-refractivity contribution in [3.05, 3.63) is 63.6 Å². The van der Waals surface area contributed by atoms with Gasteiger partial charge in [0.2, 0.25) is 0 Å². The first kappa shape index (κ1) is 14.1. The van der Waals surface area contributed by atoms with Gasteiger partial charge in [0.1, 0.15) is 0 Å². The van der Waals surface area contributed by atoms with Crippen molar-refractivity contribution in [2.75, 3.05) is 18.8 Å². The highest BCUT2D eigenvalue weighted by Gasteiger charge is 2.21. The molecule has 1 amide bonds. The second-order valence-corrected chi connectivity index (χ2v) is 6.15. The molecule has 0 bridgehead atoms. The van der Waals surface area contributed by atoms with Gasteiger partial charge < -0.3 is 10.6 Å². The summed E-state index contributed by atoms with van der Waals surface area (Å²) in [5, 5.41) is 0. The molecule has 3 rings (SSSR count). The van der Waals surface area contributed by atoms with Crippen molar-refractivity contribution in [2.24, 2.45) is 0 Å². The number of rotatable bonds is 1. The third-order valence-corrected chi connectivity index (χ3v) is 4.62. The van der Waals surface area contributed by atoms with Crippen LogP contribution < -0.4 is 5.73 Å². The van der Waals surface area contributed by atoms with E-state index in [9.17, 15) is 4.79 Å². The van der Waals surface area contributed by atoms with Gasteiger partial charge >= 0.3 is 0 Å². The first-order chi connectivity index (χ1) is 10.1. The van der Waals surface area contributed by atoms with Crippen molar-refractivity contribution in [3.8, 4) is 0 Å². The monoisotopic (exact) mass is 344 g/mol. The fraction of sp³-hybridized carbons (Fsp3) is 0.235. The zero-order valence-electron chi connectivity index (χ0n) is 11.7. The Bertz CT molecular complexity index is 657. The van der Waals surface area contributed by atoms with Crippen LogP contribution in [0.5, 0.6) is 0 Å². The lowest BCUT2D eigenvalue weighted by atomic mass is 10.0. The van der Waals surface area contributed by atoms with Crippen molar-refractivity contribution in [1.82, 2.24) is 4.90 Å². The largest absolute Gasteiger partial charge is 0.399 e. The summed E-state index contributed by atoms with van der Waals surface area (Å²) in [6.45, 7) is 1.49. The Morgan fingerprint density at radius 3 is 2.29 bits per heavy atom. The first-order valence-corrected chi connectivity index (χ1v) is 7.85. The molecule has 1 aliphatic heterocycles. The highest BCUT2D eigenvalue weighted by Crippen LogP contribution is 2.23. The number of nitrogens with two attached hydrogens (primary N) is 1. The van der Waals surface area contributed by atoms with Gasteiger partial charge in [-0.05, 0) is 58.1 Å². The third kappa shape index (κ3) is 2.95. The molecule has 0 saturated carbocycles. The molecule has 0 aromatic heterocycles. The second kappa shape index (κ2) is 5.90. The predicted octanol–water partition coefficient (Wildman–Crippen LogP) is 3.27. The van der Waals surface area contributed by atoms with Crippen LogP contribution in [0.25, 0.3) is 0 Å². The van der Waals surface area contributed by atoms with E-state index in [1.807, 2.05) is 11.0 Å². The zero-order chi connectivity index (χ0) is 14.8.